The van der Waals surface area contributed by atoms with Gasteiger partial charge in [-0.15, -0.1) is 16.8 Å². The molecule has 6 nitrogen and oxygen atoms in total. The van der Waals surface area contributed by atoms with E-state index >= 15 is 0 Å². The molecule has 1 amide bonds. The maximum atomic E-state index is 12.2. The van der Waals surface area contributed by atoms with Gasteiger partial charge >= 0.3 is 0 Å². The van der Waals surface area contributed by atoms with Crippen LogP contribution in [-0.4, -0.2) is 26.4 Å². The molecule has 1 aromatic heterocycles. The van der Waals surface area contributed by atoms with Crippen molar-refractivity contribution in [2.45, 2.75) is 38.1 Å². The summed E-state index contributed by atoms with van der Waals surface area (Å²) in [5.41, 5.74) is 2.07. The molecule has 0 fully saturated rings. The van der Waals surface area contributed by atoms with Crippen molar-refractivity contribution in [2.75, 3.05) is 11.1 Å². The van der Waals surface area contributed by atoms with Gasteiger partial charge in [-0.1, -0.05) is 61.5 Å². The Morgan fingerprint density at radius 3 is 2.63 bits per heavy atom. The number of rotatable bonds is 11. The van der Waals surface area contributed by atoms with Crippen LogP contribution in [0.5, 0.6) is 5.75 Å². The monoisotopic (exact) mass is 422 g/mol. The number of benzene rings is 2. The second kappa shape index (κ2) is 11.2. The number of carbonyl (C=O) groups is 1. The first-order chi connectivity index (χ1) is 14.7. The smallest absolute Gasteiger partial charge is 0.234 e. The topological polar surface area (TPSA) is 69.0 Å². The van der Waals surface area contributed by atoms with Gasteiger partial charge in [0.25, 0.3) is 0 Å². The molecule has 0 spiro atoms. The Kier molecular flexibility index (Phi) is 8.09. The van der Waals surface area contributed by atoms with Gasteiger partial charge in [0.2, 0.25) is 5.91 Å². The minimum Gasteiger partial charge on any atom is -0.486 e. The molecule has 0 atom stereocenters. The molecule has 0 saturated heterocycles. The molecule has 0 aliphatic heterocycles. The van der Waals surface area contributed by atoms with Gasteiger partial charge in [-0.3, -0.25) is 9.36 Å². The lowest BCUT2D eigenvalue weighted by Gasteiger charge is -2.10. The molecule has 0 unspecified atom stereocenters. The van der Waals surface area contributed by atoms with Gasteiger partial charge in [0.1, 0.15) is 12.4 Å². The summed E-state index contributed by atoms with van der Waals surface area (Å²) in [4.78, 5) is 12.2. The van der Waals surface area contributed by atoms with Crippen LogP contribution >= 0.6 is 11.8 Å². The maximum absolute atomic E-state index is 12.2. The predicted octanol–water partition coefficient (Wildman–Crippen LogP) is 4.73. The van der Waals surface area contributed by atoms with Crippen molar-refractivity contribution < 1.29 is 9.53 Å². The summed E-state index contributed by atoms with van der Waals surface area (Å²) in [6, 6.07) is 17.5. The zero-order valence-corrected chi connectivity index (χ0v) is 17.9. The Bertz CT molecular complexity index is 955. The Hall–Kier alpha value is -3.06. The number of aryl methyl sites for hydroxylation is 1. The highest BCUT2D eigenvalue weighted by Crippen LogP contribution is 2.20. The van der Waals surface area contributed by atoms with Gasteiger partial charge in [-0.25, -0.2) is 0 Å². The zero-order chi connectivity index (χ0) is 21.2. The van der Waals surface area contributed by atoms with E-state index in [9.17, 15) is 4.79 Å². The molecule has 30 heavy (non-hydrogen) atoms. The Labute approximate surface area is 181 Å². The molecule has 2 aromatic carbocycles. The molecule has 156 valence electrons. The minimum absolute atomic E-state index is 0.0932. The number of ether oxygens (including phenoxy) is 1. The van der Waals surface area contributed by atoms with Crippen LogP contribution in [0.25, 0.3) is 0 Å². The van der Waals surface area contributed by atoms with Crippen molar-refractivity contribution in [3.8, 4) is 5.75 Å². The van der Waals surface area contributed by atoms with Crippen molar-refractivity contribution in [1.29, 1.82) is 0 Å². The summed E-state index contributed by atoms with van der Waals surface area (Å²) in [7, 11) is 0. The largest absolute Gasteiger partial charge is 0.486 e. The molecule has 3 rings (SSSR count). The highest BCUT2D eigenvalue weighted by Gasteiger charge is 2.14. The highest BCUT2D eigenvalue weighted by molar-refractivity contribution is 7.99. The Morgan fingerprint density at radius 1 is 1.17 bits per heavy atom. The number of para-hydroxylation sites is 1. The summed E-state index contributed by atoms with van der Waals surface area (Å²) in [6.45, 7) is 6.81. The van der Waals surface area contributed by atoms with E-state index in [0.29, 0.717) is 24.1 Å². The van der Waals surface area contributed by atoms with Gasteiger partial charge in [-0.2, -0.15) is 0 Å². The normalized spacial score (nSPS) is 10.6. The predicted molar refractivity (Wildman–Crippen MR) is 121 cm³/mol. The second-order valence-electron chi connectivity index (χ2n) is 6.68. The maximum Gasteiger partial charge on any atom is 0.234 e. The first-order valence-electron chi connectivity index (χ1n) is 9.92. The van der Waals surface area contributed by atoms with Crippen molar-refractivity contribution >= 4 is 23.4 Å². The summed E-state index contributed by atoms with van der Waals surface area (Å²) >= 11 is 1.34. The lowest BCUT2D eigenvalue weighted by molar-refractivity contribution is -0.113. The number of hydrogen-bond acceptors (Lipinski definition) is 5. The fourth-order valence-corrected chi connectivity index (χ4v) is 3.65. The quantitative estimate of drug-likeness (QED) is 0.357. The van der Waals surface area contributed by atoms with E-state index in [0.717, 1.165) is 24.3 Å². The van der Waals surface area contributed by atoms with Crippen LogP contribution in [0, 0.1) is 0 Å². The third-order valence-electron chi connectivity index (χ3n) is 4.32. The van der Waals surface area contributed by atoms with Crippen LogP contribution in [0.4, 0.5) is 5.69 Å². The Balaban J connectivity index is 1.58. The van der Waals surface area contributed by atoms with Crippen LogP contribution in [0.15, 0.2) is 72.4 Å². The third-order valence-corrected chi connectivity index (χ3v) is 5.29. The summed E-state index contributed by atoms with van der Waals surface area (Å²) < 4.78 is 7.80. The number of carbonyl (C=O) groups excluding carboxylic acids is 1. The van der Waals surface area contributed by atoms with E-state index in [4.69, 9.17) is 4.74 Å². The number of anilines is 1. The van der Waals surface area contributed by atoms with Gasteiger partial charge in [0.05, 0.1) is 5.75 Å². The molecule has 1 N–H and O–H groups in total. The molecule has 0 bridgehead atoms. The number of aromatic nitrogens is 3. The van der Waals surface area contributed by atoms with Crippen LogP contribution in [0.3, 0.4) is 0 Å². The number of nitrogens with zero attached hydrogens (tertiary/aromatic N) is 3. The summed E-state index contributed by atoms with van der Waals surface area (Å²) in [5.74, 6) is 1.63. The average Bonchev–Trinajstić information content (AvgIpc) is 3.14. The molecular formula is C23H26N4O2S. The number of amides is 1. The summed E-state index contributed by atoms with van der Waals surface area (Å²) in [5, 5.41) is 12.0. The van der Waals surface area contributed by atoms with Crippen molar-refractivity contribution in [3.63, 3.8) is 0 Å². The Morgan fingerprint density at radius 2 is 1.93 bits per heavy atom. The third kappa shape index (κ3) is 6.22. The first-order valence-corrected chi connectivity index (χ1v) is 10.9. The standard InChI is InChI=1S/C23H26N4O2S/c1-3-8-18-11-13-20(14-12-18)29-16-21-25-26-23(27(21)15-4-2)30-17-22(28)24-19-9-6-5-7-10-19/h4-7,9-14H,2-3,8,15-17H2,1H3,(H,24,28). The van der Waals surface area contributed by atoms with Crippen LogP contribution in [0.2, 0.25) is 0 Å². The molecule has 0 saturated carbocycles. The van der Waals surface area contributed by atoms with Crippen molar-refractivity contribution in [3.05, 3.63) is 78.6 Å². The van der Waals surface area contributed by atoms with Gasteiger partial charge in [-0.05, 0) is 36.2 Å². The van der Waals surface area contributed by atoms with Gasteiger partial charge < -0.3 is 10.1 Å². The van der Waals surface area contributed by atoms with E-state index in [2.05, 4.69) is 41.1 Å². The van der Waals surface area contributed by atoms with Crippen LogP contribution in [-0.2, 0) is 24.4 Å². The van der Waals surface area contributed by atoms with Crippen molar-refractivity contribution in [1.82, 2.24) is 14.8 Å². The van der Waals surface area contributed by atoms with Gasteiger partial charge in [0, 0.05) is 12.2 Å². The second-order valence-corrected chi connectivity index (χ2v) is 7.63. The molecule has 0 aliphatic rings. The fourth-order valence-electron chi connectivity index (χ4n) is 2.88. The zero-order valence-electron chi connectivity index (χ0n) is 17.1. The van der Waals surface area contributed by atoms with E-state index < -0.39 is 0 Å². The highest BCUT2D eigenvalue weighted by atomic mass is 32.2. The van der Waals surface area contributed by atoms with Gasteiger partial charge in [0.15, 0.2) is 11.0 Å². The molecule has 7 heteroatoms. The number of hydrogen-bond donors (Lipinski definition) is 1. The summed E-state index contributed by atoms with van der Waals surface area (Å²) in [6.07, 6.45) is 3.96. The molecular weight excluding hydrogens is 396 g/mol. The molecule has 3 aromatic rings. The number of nitrogens with one attached hydrogen (secondary N) is 1. The molecule has 1 heterocycles. The number of thioether (sulfide) groups is 1. The minimum atomic E-state index is -0.0932. The van der Waals surface area contributed by atoms with E-state index in [1.54, 1.807) is 6.08 Å². The lowest BCUT2D eigenvalue weighted by atomic mass is 10.1. The molecule has 0 radical (unpaired) electrons. The SMILES string of the molecule is C=CCn1c(COc2ccc(CCC)cc2)nnc1SCC(=O)Nc1ccccc1. The number of allylic oxidation sites excluding steroid dienone is 1. The van der Waals surface area contributed by atoms with Crippen molar-refractivity contribution in [2.24, 2.45) is 0 Å². The van der Waals surface area contributed by atoms with E-state index in [1.807, 2.05) is 47.0 Å². The first kappa shape index (κ1) is 21.6. The lowest BCUT2D eigenvalue weighted by Crippen LogP contribution is -2.14. The van der Waals surface area contributed by atoms with Crippen LogP contribution in [0.1, 0.15) is 24.7 Å². The van der Waals surface area contributed by atoms with E-state index in [1.165, 1.54) is 17.3 Å². The molecule has 0 aliphatic carbocycles. The fraction of sp³-hybridized carbons (Fsp3) is 0.261. The average molecular weight is 423 g/mol. The van der Waals surface area contributed by atoms with Crippen LogP contribution < -0.4 is 10.1 Å². The van der Waals surface area contributed by atoms with E-state index in [-0.39, 0.29) is 11.7 Å².